The lowest BCUT2D eigenvalue weighted by Gasteiger charge is -2.37. The predicted octanol–water partition coefficient (Wildman–Crippen LogP) is 3.93. The van der Waals surface area contributed by atoms with Crippen LogP contribution in [0.3, 0.4) is 0 Å². The lowest BCUT2D eigenvalue weighted by Crippen LogP contribution is -2.48. The van der Waals surface area contributed by atoms with Gasteiger partial charge in [0.2, 0.25) is 0 Å². The van der Waals surface area contributed by atoms with Gasteiger partial charge >= 0.3 is 5.97 Å². The predicted molar refractivity (Wildman–Crippen MR) is 110 cm³/mol. The van der Waals surface area contributed by atoms with Gasteiger partial charge in [-0.3, -0.25) is 15.0 Å². The number of thiocarbonyl (C=S) groups is 1. The maximum absolute atomic E-state index is 14.1. The van der Waals surface area contributed by atoms with Gasteiger partial charge in [0.1, 0.15) is 5.82 Å². The van der Waals surface area contributed by atoms with E-state index >= 15 is 0 Å². The molecule has 3 rings (SSSR count). The minimum Gasteiger partial charge on any atom is -0.466 e. The number of carbonyl (C=O) groups is 1. The van der Waals surface area contributed by atoms with Crippen molar-refractivity contribution >= 4 is 34.7 Å². The Bertz CT molecular complexity index is 1050. The van der Waals surface area contributed by atoms with Gasteiger partial charge in [0.15, 0.2) is 5.11 Å². The molecule has 0 amide bonds. The highest BCUT2D eigenvalue weighted by atomic mass is 32.1. The molecule has 0 saturated carbocycles. The first kappa shape index (κ1) is 20.4. The Morgan fingerprint density at radius 1 is 1.28 bits per heavy atom. The van der Waals surface area contributed by atoms with Crippen molar-refractivity contribution in [2.24, 2.45) is 0 Å². The van der Waals surface area contributed by atoms with E-state index in [4.69, 9.17) is 17.0 Å². The molecule has 29 heavy (non-hydrogen) atoms. The summed E-state index contributed by atoms with van der Waals surface area (Å²) in [6, 6.07) is 9.81. The maximum atomic E-state index is 14.1. The van der Waals surface area contributed by atoms with Crippen molar-refractivity contribution in [2.75, 3.05) is 12.0 Å². The maximum Gasteiger partial charge on any atom is 0.337 e. The van der Waals surface area contributed by atoms with Gasteiger partial charge in [0.25, 0.3) is 5.69 Å². The second kappa shape index (κ2) is 7.96. The summed E-state index contributed by atoms with van der Waals surface area (Å²) in [4.78, 5) is 24.8. The molecular weight excluding hydrogens is 397 g/mol. The molecule has 2 aromatic carbocycles. The summed E-state index contributed by atoms with van der Waals surface area (Å²) in [5.41, 5.74) is 1.97. The van der Waals surface area contributed by atoms with Crippen molar-refractivity contribution in [1.29, 1.82) is 0 Å². The third-order valence-corrected chi connectivity index (χ3v) is 5.02. The van der Waals surface area contributed by atoms with E-state index in [0.717, 1.165) is 0 Å². The first-order valence-corrected chi connectivity index (χ1v) is 9.05. The summed E-state index contributed by atoms with van der Waals surface area (Å²) >= 11 is 5.47. The van der Waals surface area contributed by atoms with Crippen molar-refractivity contribution in [3.05, 3.63) is 80.8 Å². The van der Waals surface area contributed by atoms with Crippen molar-refractivity contribution in [3.63, 3.8) is 0 Å². The Morgan fingerprint density at radius 3 is 2.62 bits per heavy atom. The zero-order chi connectivity index (χ0) is 21.3. The van der Waals surface area contributed by atoms with Gasteiger partial charge in [-0.2, -0.15) is 0 Å². The van der Waals surface area contributed by atoms with Crippen LogP contribution < -0.4 is 10.2 Å². The van der Waals surface area contributed by atoms with Crippen molar-refractivity contribution in [2.45, 2.75) is 19.9 Å². The number of benzene rings is 2. The number of rotatable bonds is 4. The molecule has 0 aliphatic carbocycles. The van der Waals surface area contributed by atoms with E-state index in [1.807, 2.05) is 0 Å². The van der Waals surface area contributed by atoms with Crippen molar-refractivity contribution in [3.8, 4) is 0 Å². The third-order valence-electron chi connectivity index (χ3n) is 4.72. The standard InChI is InChI=1S/C20H18FN3O4S/c1-11-7-8-14(10-16(11)21)23-12(2)17(19(25)28-3)18(22-20(23)29)13-5-4-6-15(9-13)24(26)27/h4-10,18H,1-3H3,(H,22,29)/t18-/m0/s1. The average Bonchev–Trinajstić information content (AvgIpc) is 2.69. The molecule has 1 heterocycles. The van der Waals surface area contributed by atoms with Crippen LogP contribution >= 0.6 is 12.2 Å². The number of halogens is 1. The van der Waals surface area contributed by atoms with Gasteiger partial charge in [0, 0.05) is 17.8 Å². The topological polar surface area (TPSA) is 84.7 Å². The summed E-state index contributed by atoms with van der Waals surface area (Å²) in [6.07, 6.45) is 0. The summed E-state index contributed by atoms with van der Waals surface area (Å²) in [6.45, 7) is 3.31. The molecule has 9 heteroatoms. The summed E-state index contributed by atoms with van der Waals surface area (Å²) < 4.78 is 19.0. The molecule has 7 nitrogen and oxygen atoms in total. The molecule has 150 valence electrons. The molecule has 0 radical (unpaired) electrons. The van der Waals surface area contributed by atoms with Crippen LogP contribution in [-0.4, -0.2) is 23.1 Å². The van der Waals surface area contributed by atoms with E-state index in [9.17, 15) is 19.3 Å². The molecule has 0 unspecified atom stereocenters. The lowest BCUT2D eigenvalue weighted by atomic mass is 9.94. The van der Waals surface area contributed by atoms with Crippen LogP contribution in [0.15, 0.2) is 53.7 Å². The third kappa shape index (κ3) is 3.81. The second-order valence-electron chi connectivity index (χ2n) is 6.49. The van der Waals surface area contributed by atoms with Crippen LogP contribution in [0.2, 0.25) is 0 Å². The molecule has 1 atom stereocenters. The van der Waals surface area contributed by atoms with E-state index in [1.165, 1.54) is 36.3 Å². The van der Waals surface area contributed by atoms with Crippen LogP contribution in [0.25, 0.3) is 0 Å². The molecule has 1 aliphatic heterocycles. The fourth-order valence-electron chi connectivity index (χ4n) is 3.22. The number of hydrogen-bond acceptors (Lipinski definition) is 5. The number of methoxy groups -OCH3 is 1. The SMILES string of the molecule is COC(=O)C1=C(C)N(c2ccc(C)c(F)c2)C(=S)N[C@H]1c1cccc([N+](=O)[O-])c1. The van der Waals surface area contributed by atoms with Crippen LogP contribution in [0, 0.1) is 22.9 Å². The monoisotopic (exact) mass is 415 g/mol. The van der Waals surface area contributed by atoms with Gasteiger partial charge in [0.05, 0.1) is 29.3 Å². The zero-order valence-electron chi connectivity index (χ0n) is 15.9. The van der Waals surface area contributed by atoms with Crippen LogP contribution in [0.5, 0.6) is 0 Å². The Hall–Kier alpha value is -3.33. The Morgan fingerprint density at radius 2 is 2.00 bits per heavy atom. The largest absolute Gasteiger partial charge is 0.466 e. The number of anilines is 1. The number of hydrogen-bond donors (Lipinski definition) is 1. The molecule has 0 saturated heterocycles. The molecular formula is C20H18FN3O4S. The molecule has 0 fully saturated rings. The van der Waals surface area contributed by atoms with E-state index in [0.29, 0.717) is 22.5 Å². The molecule has 0 aromatic heterocycles. The average molecular weight is 415 g/mol. The number of aryl methyl sites for hydroxylation is 1. The Labute approximate surface area is 171 Å². The fourth-order valence-corrected chi connectivity index (χ4v) is 3.58. The van der Waals surface area contributed by atoms with E-state index in [2.05, 4.69) is 5.32 Å². The Balaban J connectivity index is 2.15. The van der Waals surface area contributed by atoms with E-state index < -0.39 is 22.8 Å². The van der Waals surface area contributed by atoms with Crippen LogP contribution in [0.1, 0.15) is 24.1 Å². The number of nitro benzene ring substituents is 1. The highest BCUT2D eigenvalue weighted by Gasteiger charge is 2.35. The molecule has 0 spiro atoms. The normalized spacial score (nSPS) is 16.5. The van der Waals surface area contributed by atoms with E-state index in [1.54, 1.807) is 32.0 Å². The minimum absolute atomic E-state index is 0.111. The highest BCUT2D eigenvalue weighted by Crippen LogP contribution is 2.35. The number of esters is 1. The number of non-ortho nitro benzene ring substituents is 1. The van der Waals surface area contributed by atoms with Crippen molar-refractivity contribution in [1.82, 2.24) is 5.32 Å². The number of ether oxygens (including phenoxy) is 1. The fraction of sp³-hybridized carbons (Fsp3) is 0.200. The molecule has 1 aliphatic rings. The van der Waals surface area contributed by atoms with Gasteiger partial charge in [-0.05, 0) is 49.3 Å². The van der Waals surface area contributed by atoms with Gasteiger partial charge in [-0.15, -0.1) is 0 Å². The second-order valence-corrected chi connectivity index (χ2v) is 6.88. The lowest BCUT2D eigenvalue weighted by molar-refractivity contribution is -0.384. The molecule has 1 N–H and O–H groups in total. The number of nitrogens with zero attached hydrogens (tertiary/aromatic N) is 2. The van der Waals surface area contributed by atoms with Gasteiger partial charge in [-0.25, -0.2) is 9.18 Å². The summed E-state index contributed by atoms with van der Waals surface area (Å²) in [5.74, 6) is -1.02. The number of carbonyl (C=O) groups excluding carboxylic acids is 1. The van der Waals surface area contributed by atoms with Gasteiger partial charge < -0.3 is 10.1 Å². The first-order valence-electron chi connectivity index (χ1n) is 8.64. The number of allylic oxidation sites excluding steroid dienone is 1. The zero-order valence-corrected chi connectivity index (χ0v) is 16.7. The van der Waals surface area contributed by atoms with Crippen LogP contribution in [0.4, 0.5) is 15.8 Å². The molecule has 2 aromatic rings. The number of nitrogens with one attached hydrogen (secondary N) is 1. The van der Waals surface area contributed by atoms with Crippen molar-refractivity contribution < 1.29 is 18.8 Å². The molecule has 0 bridgehead atoms. The first-order chi connectivity index (χ1) is 13.7. The highest BCUT2D eigenvalue weighted by molar-refractivity contribution is 7.80. The number of nitro groups is 1. The smallest absolute Gasteiger partial charge is 0.337 e. The minimum atomic E-state index is -0.749. The summed E-state index contributed by atoms with van der Waals surface area (Å²) in [5, 5.41) is 14.4. The quantitative estimate of drug-likeness (QED) is 0.351. The summed E-state index contributed by atoms with van der Waals surface area (Å²) in [7, 11) is 1.25. The van der Waals surface area contributed by atoms with Gasteiger partial charge in [-0.1, -0.05) is 18.2 Å². The van der Waals surface area contributed by atoms with Crippen LogP contribution in [-0.2, 0) is 9.53 Å². The Kier molecular flexibility index (Phi) is 5.60. The van der Waals surface area contributed by atoms with E-state index in [-0.39, 0.29) is 16.4 Å².